The van der Waals surface area contributed by atoms with Crippen LogP contribution in [0.25, 0.3) is 0 Å². The maximum atomic E-state index is 9.64. The molecule has 0 aromatic heterocycles. The fourth-order valence-electron chi connectivity index (χ4n) is 2.08. The van der Waals surface area contributed by atoms with Crippen LogP contribution in [0.15, 0.2) is 24.3 Å². The smallest absolute Gasteiger partial charge is 0.125 e. The zero-order valence-electron chi connectivity index (χ0n) is 10.3. The molecule has 1 fully saturated rings. The van der Waals surface area contributed by atoms with Gasteiger partial charge in [0.1, 0.15) is 5.75 Å². The molecule has 2 rings (SSSR count). The van der Waals surface area contributed by atoms with Gasteiger partial charge in [0, 0.05) is 18.8 Å². The van der Waals surface area contributed by atoms with Gasteiger partial charge in [0.25, 0.3) is 0 Å². The van der Waals surface area contributed by atoms with E-state index in [4.69, 9.17) is 9.47 Å². The molecule has 1 aliphatic rings. The molecule has 3 nitrogen and oxygen atoms in total. The van der Waals surface area contributed by atoms with Crippen LogP contribution in [-0.2, 0) is 4.74 Å². The van der Waals surface area contributed by atoms with Crippen molar-refractivity contribution in [3.8, 4) is 5.75 Å². The third-order valence-corrected chi connectivity index (χ3v) is 3.18. The molecule has 0 spiro atoms. The number of hydrogen-bond acceptors (Lipinski definition) is 3. The molecule has 17 heavy (non-hydrogen) atoms. The van der Waals surface area contributed by atoms with Gasteiger partial charge in [-0.3, -0.25) is 0 Å². The third kappa shape index (κ3) is 3.45. The Hall–Kier alpha value is -1.06. The van der Waals surface area contributed by atoms with Crippen LogP contribution in [0.1, 0.15) is 31.4 Å². The number of hydrogen-bond donors (Lipinski definition) is 1. The van der Waals surface area contributed by atoms with E-state index in [9.17, 15) is 5.11 Å². The van der Waals surface area contributed by atoms with Crippen molar-refractivity contribution < 1.29 is 14.6 Å². The average molecular weight is 236 g/mol. The summed E-state index contributed by atoms with van der Waals surface area (Å²) in [5.41, 5.74) is 0.861. The highest BCUT2D eigenvalue weighted by Gasteiger charge is 2.15. The Morgan fingerprint density at radius 2 is 2.06 bits per heavy atom. The van der Waals surface area contributed by atoms with Gasteiger partial charge in [-0.2, -0.15) is 0 Å². The molecule has 0 radical (unpaired) electrons. The molecule has 1 aromatic rings. The van der Waals surface area contributed by atoms with Crippen molar-refractivity contribution in [3.63, 3.8) is 0 Å². The highest BCUT2D eigenvalue weighted by Crippen LogP contribution is 2.26. The molecular weight excluding hydrogens is 216 g/mol. The lowest BCUT2D eigenvalue weighted by molar-refractivity contribution is 0.0491. The summed E-state index contributed by atoms with van der Waals surface area (Å²) in [4.78, 5) is 0. The van der Waals surface area contributed by atoms with Gasteiger partial charge in [-0.1, -0.05) is 18.2 Å². The normalized spacial score (nSPS) is 18.9. The first-order chi connectivity index (χ1) is 8.27. The first-order valence-corrected chi connectivity index (χ1v) is 6.25. The van der Waals surface area contributed by atoms with E-state index < -0.39 is 6.10 Å². The van der Waals surface area contributed by atoms with Crippen LogP contribution in [0.2, 0.25) is 0 Å². The lowest BCUT2D eigenvalue weighted by atomic mass is 10.0. The molecule has 1 aromatic carbocycles. The minimum Gasteiger partial charge on any atom is -0.493 e. The molecule has 3 heteroatoms. The van der Waals surface area contributed by atoms with E-state index in [1.807, 2.05) is 24.3 Å². The van der Waals surface area contributed by atoms with Gasteiger partial charge < -0.3 is 14.6 Å². The summed E-state index contributed by atoms with van der Waals surface area (Å²) in [6, 6.07) is 7.68. The van der Waals surface area contributed by atoms with E-state index in [-0.39, 0.29) is 0 Å². The standard InChI is InChI=1S/C14H20O3/c1-11(15)13-4-2-3-5-14(13)17-10-12-6-8-16-9-7-12/h2-5,11-12,15H,6-10H2,1H3/t11-/m1/s1. The Balaban J connectivity index is 1.93. The van der Waals surface area contributed by atoms with Crippen LogP contribution in [-0.4, -0.2) is 24.9 Å². The maximum Gasteiger partial charge on any atom is 0.125 e. The maximum absolute atomic E-state index is 9.64. The molecule has 0 unspecified atom stereocenters. The summed E-state index contributed by atoms with van der Waals surface area (Å²) in [6.07, 6.45) is 1.65. The van der Waals surface area contributed by atoms with Crippen molar-refractivity contribution in [2.45, 2.75) is 25.9 Å². The van der Waals surface area contributed by atoms with Crippen molar-refractivity contribution in [2.24, 2.45) is 5.92 Å². The van der Waals surface area contributed by atoms with Crippen molar-refractivity contribution in [1.29, 1.82) is 0 Å². The zero-order chi connectivity index (χ0) is 12.1. The molecule has 1 saturated heterocycles. The number of para-hydroxylation sites is 1. The Kier molecular flexibility index (Phi) is 4.40. The number of benzene rings is 1. The Morgan fingerprint density at radius 3 is 2.76 bits per heavy atom. The van der Waals surface area contributed by atoms with Gasteiger partial charge in [0.2, 0.25) is 0 Å². The highest BCUT2D eigenvalue weighted by molar-refractivity contribution is 5.34. The minimum absolute atomic E-state index is 0.485. The topological polar surface area (TPSA) is 38.7 Å². The quantitative estimate of drug-likeness (QED) is 0.873. The number of aliphatic hydroxyl groups is 1. The van der Waals surface area contributed by atoms with Gasteiger partial charge >= 0.3 is 0 Å². The monoisotopic (exact) mass is 236 g/mol. The summed E-state index contributed by atoms with van der Waals surface area (Å²) in [6.45, 7) is 4.15. The first-order valence-electron chi connectivity index (χ1n) is 6.25. The zero-order valence-corrected chi connectivity index (χ0v) is 10.3. The predicted molar refractivity (Wildman–Crippen MR) is 66.1 cm³/mol. The average Bonchev–Trinajstić information content (AvgIpc) is 2.38. The van der Waals surface area contributed by atoms with Gasteiger partial charge in [0.15, 0.2) is 0 Å². The molecule has 0 aliphatic carbocycles. The van der Waals surface area contributed by atoms with Gasteiger partial charge in [0.05, 0.1) is 12.7 Å². The van der Waals surface area contributed by atoms with Crippen LogP contribution in [0.5, 0.6) is 5.75 Å². The number of ether oxygens (including phenoxy) is 2. The predicted octanol–water partition coefficient (Wildman–Crippen LogP) is 2.55. The molecule has 1 atom stereocenters. The Bertz CT molecular complexity index is 343. The summed E-state index contributed by atoms with van der Waals surface area (Å²) in [5.74, 6) is 1.37. The summed E-state index contributed by atoms with van der Waals surface area (Å²) in [7, 11) is 0. The molecule has 1 aliphatic heterocycles. The summed E-state index contributed by atoms with van der Waals surface area (Å²) >= 11 is 0. The van der Waals surface area contributed by atoms with E-state index in [0.29, 0.717) is 12.5 Å². The first kappa shape index (κ1) is 12.4. The number of rotatable bonds is 4. The molecule has 0 saturated carbocycles. The molecule has 0 bridgehead atoms. The lowest BCUT2D eigenvalue weighted by Gasteiger charge is -2.23. The van der Waals surface area contributed by atoms with E-state index >= 15 is 0 Å². The second-order valence-corrected chi connectivity index (χ2v) is 4.58. The fraction of sp³-hybridized carbons (Fsp3) is 0.571. The molecule has 94 valence electrons. The van der Waals surface area contributed by atoms with Crippen LogP contribution in [0, 0.1) is 5.92 Å². The van der Waals surface area contributed by atoms with E-state index in [0.717, 1.165) is 37.4 Å². The summed E-state index contributed by atoms with van der Waals surface area (Å²) < 4.78 is 11.1. The fourth-order valence-corrected chi connectivity index (χ4v) is 2.08. The van der Waals surface area contributed by atoms with Crippen molar-refractivity contribution in [1.82, 2.24) is 0 Å². The third-order valence-electron chi connectivity index (χ3n) is 3.18. The molecule has 1 heterocycles. The van der Waals surface area contributed by atoms with E-state index in [2.05, 4.69) is 0 Å². The molecular formula is C14H20O3. The largest absolute Gasteiger partial charge is 0.493 e. The van der Waals surface area contributed by atoms with Crippen molar-refractivity contribution in [3.05, 3.63) is 29.8 Å². The molecule has 1 N–H and O–H groups in total. The van der Waals surface area contributed by atoms with Crippen LogP contribution in [0.3, 0.4) is 0 Å². The second-order valence-electron chi connectivity index (χ2n) is 4.58. The van der Waals surface area contributed by atoms with Crippen molar-refractivity contribution in [2.75, 3.05) is 19.8 Å². The Morgan fingerprint density at radius 1 is 1.35 bits per heavy atom. The number of aliphatic hydroxyl groups excluding tert-OH is 1. The highest BCUT2D eigenvalue weighted by atomic mass is 16.5. The SMILES string of the molecule is C[C@@H](O)c1ccccc1OCC1CCOCC1. The second kappa shape index (κ2) is 6.03. The van der Waals surface area contributed by atoms with E-state index in [1.165, 1.54) is 0 Å². The Labute approximate surface area is 102 Å². The van der Waals surface area contributed by atoms with Crippen LogP contribution < -0.4 is 4.74 Å². The van der Waals surface area contributed by atoms with Gasteiger partial charge in [-0.05, 0) is 31.7 Å². The van der Waals surface area contributed by atoms with Gasteiger partial charge in [-0.25, -0.2) is 0 Å². The van der Waals surface area contributed by atoms with Crippen LogP contribution >= 0.6 is 0 Å². The van der Waals surface area contributed by atoms with Crippen molar-refractivity contribution >= 4 is 0 Å². The lowest BCUT2D eigenvalue weighted by Crippen LogP contribution is -2.21. The van der Waals surface area contributed by atoms with Gasteiger partial charge in [-0.15, -0.1) is 0 Å². The minimum atomic E-state index is -0.485. The van der Waals surface area contributed by atoms with E-state index in [1.54, 1.807) is 6.92 Å². The van der Waals surface area contributed by atoms with Crippen LogP contribution in [0.4, 0.5) is 0 Å². The molecule has 0 amide bonds. The summed E-state index contributed by atoms with van der Waals surface area (Å²) in [5, 5.41) is 9.64.